The predicted octanol–water partition coefficient (Wildman–Crippen LogP) is 3.45. The lowest BCUT2D eigenvalue weighted by atomic mass is 9.93. The predicted molar refractivity (Wildman–Crippen MR) is 78.9 cm³/mol. The van der Waals surface area contributed by atoms with Crippen molar-refractivity contribution in [2.45, 2.75) is 18.9 Å². The molecule has 21 heavy (non-hydrogen) atoms. The molecule has 2 aromatic carbocycles. The number of aryl methyl sites for hydroxylation is 1. The Morgan fingerprint density at radius 3 is 2.71 bits per heavy atom. The van der Waals surface area contributed by atoms with Crippen molar-refractivity contribution in [3.63, 3.8) is 0 Å². The number of fused-ring (bicyclic) bond motifs is 1. The van der Waals surface area contributed by atoms with E-state index in [4.69, 9.17) is 11.6 Å². The Labute approximate surface area is 126 Å². The van der Waals surface area contributed by atoms with Crippen molar-refractivity contribution in [1.29, 1.82) is 0 Å². The molecule has 3 rings (SSSR count). The van der Waals surface area contributed by atoms with Gasteiger partial charge in [0.25, 0.3) is 0 Å². The zero-order valence-corrected chi connectivity index (χ0v) is 11.8. The number of benzene rings is 2. The van der Waals surface area contributed by atoms with Crippen molar-refractivity contribution in [2.24, 2.45) is 0 Å². The number of rotatable bonds is 2. The zero-order valence-electron chi connectivity index (χ0n) is 11.1. The third-order valence-electron chi connectivity index (χ3n) is 3.60. The van der Waals surface area contributed by atoms with Gasteiger partial charge in [-0.2, -0.15) is 0 Å². The van der Waals surface area contributed by atoms with Crippen molar-refractivity contribution in [2.75, 3.05) is 5.32 Å². The Hall–Kier alpha value is -1.91. The molecule has 0 fully saturated rings. The van der Waals surface area contributed by atoms with Crippen LogP contribution < -0.4 is 5.32 Å². The van der Waals surface area contributed by atoms with Crippen LogP contribution in [0, 0.1) is 5.82 Å². The Kier molecular flexibility index (Phi) is 3.66. The Morgan fingerprint density at radius 1 is 1.19 bits per heavy atom. The van der Waals surface area contributed by atoms with Crippen LogP contribution in [0.4, 0.5) is 10.1 Å². The van der Waals surface area contributed by atoms with Crippen LogP contribution in [-0.4, -0.2) is 11.0 Å². The molecule has 0 spiro atoms. The van der Waals surface area contributed by atoms with Crippen LogP contribution in [0.1, 0.15) is 29.2 Å². The highest BCUT2D eigenvalue weighted by molar-refractivity contribution is 6.31. The van der Waals surface area contributed by atoms with Gasteiger partial charge in [0.2, 0.25) is 5.91 Å². The highest BCUT2D eigenvalue weighted by Gasteiger charge is 2.24. The number of halogens is 2. The second kappa shape index (κ2) is 5.47. The van der Waals surface area contributed by atoms with Crippen LogP contribution in [0.5, 0.6) is 0 Å². The second-order valence-electron chi connectivity index (χ2n) is 5.00. The van der Waals surface area contributed by atoms with Gasteiger partial charge in [-0.15, -0.1) is 0 Å². The first-order chi connectivity index (χ1) is 10.1. The third-order valence-corrected chi connectivity index (χ3v) is 3.94. The van der Waals surface area contributed by atoms with Gasteiger partial charge >= 0.3 is 0 Å². The van der Waals surface area contributed by atoms with Crippen LogP contribution in [0.15, 0.2) is 36.4 Å². The van der Waals surface area contributed by atoms with Crippen molar-refractivity contribution >= 4 is 23.2 Å². The van der Waals surface area contributed by atoms with Gasteiger partial charge < -0.3 is 10.4 Å². The summed E-state index contributed by atoms with van der Waals surface area (Å²) in [7, 11) is 0. The molecule has 1 atom stereocenters. The summed E-state index contributed by atoms with van der Waals surface area (Å²) >= 11 is 6.08. The first kappa shape index (κ1) is 14.0. The molecular weight excluding hydrogens is 293 g/mol. The number of hydrogen-bond acceptors (Lipinski definition) is 2. The summed E-state index contributed by atoms with van der Waals surface area (Å²) in [5.41, 5.74) is 1.98. The van der Waals surface area contributed by atoms with Crippen molar-refractivity contribution in [3.8, 4) is 0 Å². The van der Waals surface area contributed by atoms with E-state index < -0.39 is 11.9 Å². The number of carbonyl (C=O) groups is 1. The van der Waals surface area contributed by atoms with E-state index in [0.29, 0.717) is 40.2 Å². The van der Waals surface area contributed by atoms with Crippen LogP contribution >= 0.6 is 11.6 Å². The lowest BCUT2D eigenvalue weighted by Gasteiger charge is -2.23. The lowest BCUT2D eigenvalue weighted by molar-refractivity contribution is -0.116. The summed E-state index contributed by atoms with van der Waals surface area (Å²) < 4.78 is 13.8. The van der Waals surface area contributed by atoms with Gasteiger partial charge in [-0.3, -0.25) is 4.79 Å². The van der Waals surface area contributed by atoms with Gasteiger partial charge in [-0.05, 0) is 30.2 Å². The van der Waals surface area contributed by atoms with Gasteiger partial charge in [-0.25, -0.2) is 4.39 Å². The van der Waals surface area contributed by atoms with E-state index in [9.17, 15) is 14.3 Å². The largest absolute Gasteiger partial charge is 0.384 e. The molecule has 0 saturated heterocycles. The zero-order chi connectivity index (χ0) is 15.0. The number of amides is 1. The lowest BCUT2D eigenvalue weighted by Crippen LogP contribution is -2.21. The van der Waals surface area contributed by atoms with Crippen LogP contribution in [0.25, 0.3) is 0 Å². The Morgan fingerprint density at radius 2 is 1.95 bits per heavy atom. The molecule has 0 saturated carbocycles. The van der Waals surface area contributed by atoms with Gasteiger partial charge in [-0.1, -0.05) is 29.8 Å². The SMILES string of the molecule is O=C1CCc2cc(F)cc(C(O)c3ccccc3Cl)c2N1. The summed E-state index contributed by atoms with van der Waals surface area (Å²) in [6.07, 6.45) is -0.319. The third kappa shape index (κ3) is 2.64. The number of nitrogens with one attached hydrogen (secondary N) is 1. The molecule has 5 heteroatoms. The second-order valence-corrected chi connectivity index (χ2v) is 5.41. The molecule has 0 aliphatic carbocycles. The number of anilines is 1. The molecule has 108 valence electrons. The number of hydrogen-bond donors (Lipinski definition) is 2. The van der Waals surface area contributed by atoms with Crippen LogP contribution in [0.3, 0.4) is 0 Å². The Balaban J connectivity index is 2.12. The van der Waals surface area contributed by atoms with Crippen LogP contribution in [-0.2, 0) is 11.2 Å². The number of aliphatic hydroxyl groups is 1. The minimum Gasteiger partial charge on any atom is -0.384 e. The van der Waals surface area contributed by atoms with Gasteiger partial charge in [0.1, 0.15) is 11.9 Å². The first-order valence-electron chi connectivity index (χ1n) is 6.61. The molecule has 1 aliphatic heterocycles. The molecule has 1 unspecified atom stereocenters. The van der Waals surface area contributed by atoms with Gasteiger partial charge in [0.15, 0.2) is 0 Å². The highest BCUT2D eigenvalue weighted by atomic mass is 35.5. The van der Waals surface area contributed by atoms with E-state index in [-0.39, 0.29) is 5.91 Å². The van der Waals surface area contributed by atoms with E-state index >= 15 is 0 Å². The summed E-state index contributed by atoms with van der Waals surface area (Å²) in [5.74, 6) is -0.576. The fourth-order valence-corrected chi connectivity index (χ4v) is 2.81. The normalized spacial score (nSPS) is 15.3. The molecule has 1 heterocycles. The van der Waals surface area contributed by atoms with Crippen LogP contribution in [0.2, 0.25) is 5.02 Å². The summed E-state index contributed by atoms with van der Waals surface area (Å²) in [4.78, 5) is 11.6. The van der Waals surface area contributed by atoms with E-state index in [2.05, 4.69) is 5.32 Å². The van der Waals surface area contributed by atoms with Gasteiger partial charge in [0.05, 0.1) is 5.69 Å². The minimum atomic E-state index is -1.10. The van der Waals surface area contributed by atoms with E-state index in [1.165, 1.54) is 12.1 Å². The molecule has 2 aromatic rings. The summed E-state index contributed by atoms with van der Waals surface area (Å²) in [5, 5.41) is 13.6. The quantitative estimate of drug-likeness (QED) is 0.893. The molecule has 0 radical (unpaired) electrons. The van der Waals surface area contributed by atoms with Crippen molar-refractivity contribution < 1.29 is 14.3 Å². The number of aliphatic hydroxyl groups excluding tert-OH is 1. The molecular formula is C16H13ClFNO2. The van der Waals surface area contributed by atoms with Crippen molar-refractivity contribution in [1.82, 2.24) is 0 Å². The molecule has 0 aromatic heterocycles. The van der Waals surface area contributed by atoms with E-state index in [1.54, 1.807) is 24.3 Å². The van der Waals surface area contributed by atoms with Gasteiger partial charge in [0, 0.05) is 22.6 Å². The molecule has 1 aliphatic rings. The minimum absolute atomic E-state index is 0.137. The van der Waals surface area contributed by atoms with Crippen molar-refractivity contribution in [3.05, 3.63) is 63.9 Å². The number of carbonyl (C=O) groups excluding carboxylic acids is 1. The maximum atomic E-state index is 13.8. The summed E-state index contributed by atoms with van der Waals surface area (Å²) in [6, 6.07) is 9.45. The maximum Gasteiger partial charge on any atom is 0.224 e. The standard InChI is InChI=1S/C16H13ClFNO2/c17-13-4-2-1-3-11(13)16(21)12-8-10(18)7-9-5-6-14(20)19-15(9)12/h1-4,7-8,16,21H,5-6H2,(H,19,20). The average Bonchev–Trinajstić information content (AvgIpc) is 2.47. The fraction of sp³-hybridized carbons (Fsp3) is 0.188. The smallest absolute Gasteiger partial charge is 0.224 e. The summed E-state index contributed by atoms with van der Waals surface area (Å²) in [6.45, 7) is 0. The maximum absolute atomic E-state index is 13.8. The highest BCUT2D eigenvalue weighted by Crippen LogP contribution is 2.36. The van der Waals surface area contributed by atoms with E-state index in [0.717, 1.165) is 0 Å². The first-order valence-corrected chi connectivity index (χ1v) is 6.98. The van der Waals surface area contributed by atoms with E-state index in [1.807, 2.05) is 0 Å². The fourth-order valence-electron chi connectivity index (χ4n) is 2.57. The topological polar surface area (TPSA) is 49.3 Å². The Bertz CT molecular complexity index is 717. The molecule has 3 nitrogen and oxygen atoms in total. The monoisotopic (exact) mass is 305 g/mol. The molecule has 0 bridgehead atoms. The average molecular weight is 306 g/mol. The molecule has 1 amide bonds. The molecule has 2 N–H and O–H groups in total.